The minimum absolute atomic E-state index is 0.0100. The van der Waals surface area contributed by atoms with Gasteiger partial charge in [0.2, 0.25) is 10.0 Å². The van der Waals surface area contributed by atoms with Crippen LogP contribution in [0.1, 0.15) is 37.6 Å². The molecule has 0 radical (unpaired) electrons. The van der Waals surface area contributed by atoms with E-state index < -0.39 is 10.0 Å². The maximum Gasteiger partial charge on any atom is 0.243 e. The molecule has 0 saturated heterocycles. The molecule has 4 nitrogen and oxygen atoms in total. The van der Waals surface area contributed by atoms with Gasteiger partial charge in [-0.3, -0.25) is 4.98 Å². The monoisotopic (exact) mass is 316 g/mol. The molecule has 1 aromatic heterocycles. The fraction of sp³-hybridized carbons (Fsp3) is 0.353. The highest BCUT2D eigenvalue weighted by Crippen LogP contribution is 2.29. The van der Waals surface area contributed by atoms with Crippen molar-refractivity contribution in [1.82, 2.24) is 9.29 Å². The van der Waals surface area contributed by atoms with Crippen molar-refractivity contribution in [3.63, 3.8) is 0 Å². The molecule has 116 valence electrons. The molecule has 1 aliphatic heterocycles. The highest BCUT2D eigenvalue weighted by Gasteiger charge is 2.31. The van der Waals surface area contributed by atoms with Crippen LogP contribution in [-0.4, -0.2) is 17.7 Å². The van der Waals surface area contributed by atoms with Crippen LogP contribution in [0, 0.1) is 0 Å². The molecule has 22 heavy (non-hydrogen) atoms. The lowest BCUT2D eigenvalue weighted by Gasteiger charge is -2.20. The number of benzene rings is 1. The summed E-state index contributed by atoms with van der Waals surface area (Å²) in [6, 6.07) is 11.0. The van der Waals surface area contributed by atoms with E-state index in [2.05, 4.69) is 25.8 Å². The summed E-state index contributed by atoms with van der Waals surface area (Å²) in [6.07, 6.45) is 1.70. The smallest absolute Gasteiger partial charge is 0.243 e. The fourth-order valence-electron chi connectivity index (χ4n) is 2.62. The summed E-state index contributed by atoms with van der Waals surface area (Å²) in [4.78, 5) is 4.60. The maximum atomic E-state index is 12.8. The fourth-order valence-corrected chi connectivity index (χ4v) is 4.00. The highest BCUT2D eigenvalue weighted by molar-refractivity contribution is 7.89. The molecule has 3 rings (SSSR count). The predicted molar refractivity (Wildman–Crippen MR) is 85.8 cm³/mol. The Kier molecular flexibility index (Phi) is 3.57. The molecular formula is C17H20N2O2S. The van der Waals surface area contributed by atoms with Gasteiger partial charge >= 0.3 is 0 Å². The summed E-state index contributed by atoms with van der Waals surface area (Å²) in [5.74, 6) is 0. The lowest BCUT2D eigenvalue weighted by molar-refractivity contribution is 0.429. The van der Waals surface area contributed by atoms with Crippen LogP contribution in [0.25, 0.3) is 0 Å². The van der Waals surface area contributed by atoms with Gasteiger partial charge in [0, 0.05) is 12.7 Å². The zero-order valence-electron chi connectivity index (χ0n) is 13.1. The minimum Gasteiger partial charge on any atom is -0.260 e. The molecular weight excluding hydrogens is 296 g/mol. The Hall–Kier alpha value is -1.72. The van der Waals surface area contributed by atoms with Gasteiger partial charge < -0.3 is 0 Å². The number of fused-ring (bicyclic) bond motifs is 1. The van der Waals surface area contributed by atoms with E-state index in [4.69, 9.17) is 0 Å². The molecule has 5 heteroatoms. The van der Waals surface area contributed by atoms with Gasteiger partial charge in [-0.1, -0.05) is 39.0 Å². The normalized spacial score (nSPS) is 15.8. The van der Waals surface area contributed by atoms with Gasteiger partial charge in [-0.05, 0) is 34.7 Å². The van der Waals surface area contributed by atoms with Crippen LogP contribution in [0.4, 0.5) is 0 Å². The third-order valence-corrected chi connectivity index (χ3v) is 5.82. The Balaban J connectivity index is 1.89. The summed E-state index contributed by atoms with van der Waals surface area (Å²) < 4.78 is 27.0. The molecule has 0 bridgehead atoms. The molecule has 0 unspecified atom stereocenters. The van der Waals surface area contributed by atoms with E-state index in [0.29, 0.717) is 18.0 Å². The van der Waals surface area contributed by atoms with Gasteiger partial charge in [-0.25, -0.2) is 8.42 Å². The molecule has 0 amide bonds. The van der Waals surface area contributed by atoms with Gasteiger partial charge in [0.05, 0.1) is 17.1 Å². The summed E-state index contributed by atoms with van der Waals surface area (Å²) >= 11 is 0. The van der Waals surface area contributed by atoms with Crippen LogP contribution in [0.15, 0.2) is 47.5 Å². The largest absolute Gasteiger partial charge is 0.260 e. The van der Waals surface area contributed by atoms with Crippen molar-refractivity contribution < 1.29 is 8.42 Å². The van der Waals surface area contributed by atoms with E-state index in [1.807, 2.05) is 24.3 Å². The van der Waals surface area contributed by atoms with Crippen molar-refractivity contribution in [2.24, 2.45) is 0 Å². The second-order valence-electron chi connectivity index (χ2n) is 6.66. The second kappa shape index (κ2) is 5.18. The molecule has 2 heterocycles. The van der Waals surface area contributed by atoms with E-state index in [0.717, 1.165) is 16.8 Å². The average molecular weight is 316 g/mol. The molecule has 0 aliphatic carbocycles. The predicted octanol–water partition coefficient (Wildman–Crippen LogP) is 3.08. The van der Waals surface area contributed by atoms with Crippen LogP contribution in [-0.2, 0) is 28.5 Å². The van der Waals surface area contributed by atoms with Crippen molar-refractivity contribution >= 4 is 10.0 Å². The number of aromatic nitrogens is 1. The van der Waals surface area contributed by atoms with E-state index in [9.17, 15) is 8.42 Å². The molecule has 1 aromatic carbocycles. The summed E-state index contributed by atoms with van der Waals surface area (Å²) in [5.41, 5.74) is 2.96. The molecule has 2 aromatic rings. The molecule has 0 spiro atoms. The molecule has 0 fully saturated rings. The topological polar surface area (TPSA) is 50.3 Å². The average Bonchev–Trinajstić information content (AvgIpc) is 2.91. The Labute approximate surface area is 131 Å². The number of rotatable bonds is 2. The molecule has 1 aliphatic rings. The first-order chi connectivity index (χ1) is 10.3. The first kappa shape index (κ1) is 15.2. The third-order valence-electron chi connectivity index (χ3n) is 4.02. The SMILES string of the molecule is CC(C)(C)c1ccc(S(=O)(=O)N2Cc3cccnc3C2)cc1. The zero-order valence-corrected chi connectivity index (χ0v) is 13.9. The van der Waals surface area contributed by atoms with E-state index >= 15 is 0 Å². The second-order valence-corrected chi connectivity index (χ2v) is 8.59. The third kappa shape index (κ3) is 2.66. The number of hydrogen-bond donors (Lipinski definition) is 0. The Morgan fingerprint density at radius 3 is 2.32 bits per heavy atom. The van der Waals surface area contributed by atoms with Crippen molar-refractivity contribution in [3.05, 3.63) is 59.4 Å². The van der Waals surface area contributed by atoms with Crippen LogP contribution < -0.4 is 0 Å². The molecule has 0 atom stereocenters. The highest BCUT2D eigenvalue weighted by atomic mass is 32.2. The standard InChI is InChI=1S/C17H20N2O2S/c1-17(2,3)14-6-8-15(9-7-14)22(20,21)19-11-13-5-4-10-18-16(13)12-19/h4-10H,11-12H2,1-3H3. The summed E-state index contributed by atoms with van der Waals surface area (Å²) in [5, 5.41) is 0. The van der Waals surface area contributed by atoms with Gasteiger partial charge in [0.15, 0.2) is 0 Å². The van der Waals surface area contributed by atoms with Crippen LogP contribution in [0.5, 0.6) is 0 Å². The lowest BCUT2D eigenvalue weighted by Crippen LogP contribution is -2.25. The van der Waals surface area contributed by atoms with E-state index in [1.54, 1.807) is 18.3 Å². The Morgan fingerprint density at radius 2 is 1.73 bits per heavy atom. The number of pyridine rings is 1. The van der Waals surface area contributed by atoms with Crippen molar-refractivity contribution in [1.29, 1.82) is 0 Å². The number of sulfonamides is 1. The molecule has 0 saturated carbocycles. The molecule has 0 N–H and O–H groups in total. The van der Waals surface area contributed by atoms with E-state index in [-0.39, 0.29) is 5.41 Å². The van der Waals surface area contributed by atoms with Gasteiger partial charge in [0.1, 0.15) is 0 Å². The lowest BCUT2D eigenvalue weighted by atomic mass is 9.87. The Bertz CT molecular complexity index is 765. The van der Waals surface area contributed by atoms with Crippen molar-refractivity contribution in [3.8, 4) is 0 Å². The first-order valence-electron chi connectivity index (χ1n) is 7.32. The summed E-state index contributed by atoms with van der Waals surface area (Å²) in [7, 11) is -3.48. The van der Waals surface area contributed by atoms with Gasteiger partial charge in [-0.15, -0.1) is 0 Å². The van der Waals surface area contributed by atoms with Crippen LogP contribution >= 0.6 is 0 Å². The van der Waals surface area contributed by atoms with Crippen LogP contribution in [0.3, 0.4) is 0 Å². The van der Waals surface area contributed by atoms with Gasteiger partial charge in [0.25, 0.3) is 0 Å². The zero-order chi connectivity index (χ0) is 16.0. The van der Waals surface area contributed by atoms with Crippen molar-refractivity contribution in [2.75, 3.05) is 0 Å². The van der Waals surface area contributed by atoms with Crippen LogP contribution in [0.2, 0.25) is 0 Å². The van der Waals surface area contributed by atoms with Crippen molar-refractivity contribution in [2.45, 2.75) is 44.2 Å². The summed E-state index contributed by atoms with van der Waals surface area (Å²) in [6.45, 7) is 7.07. The van der Waals surface area contributed by atoms with Gasteiger partial charge in [-0.2, -0.15) is 4.31 Å². The Morgan fingerprint density at radius 1 is 1.05 bits per heavy atom. The first-order valence-corrected chi connectivity index (χ1v) is 8.76. The number of hydrogen-bond acceptors (Lipinski definition) is 3. The maximum absolute atomic E-state index is 12.8. The number of nitrogens with zero attached hydrogens (tertiary/aromatic N) is 2. The van der Waals surface area contributed by atoms with E-state index in [1.165, 1.54) is 4.31 Å². The quantitative estimate of drug-likeness (QED) is 0.855. The minimum atomic E-state index is -3.48.